The summed E-state index contributed by atoms with van der Waals surface area (Å²) < 4.78 is 0. The summed E-state index contributed by atoms with van der Waals surface area (Å²) in [5.74, 6) is -7.05. The maximum absolute atomic E-state index is 11.8. The van der Waals surface area contributed by atoms with E-state index in [-0.39, 0.29) is 27.9 Å². The van der Waals surface area contributed by atoms with Gasteiger partial charge in [0.1, 0.15) is 11.4 Å². The van der Waals surface area contributed by atoms with Crippen molar-refractivity contribution in [3.8, 4) is 79.4 Å². The second-order valence-electron chi connectivity index (χ2n) is 13.7. The third-order valence-electron chi connectivity index (χ3n) is 10.5. The molecule has 8 N–H and O–H groups in total. The van der Waals surface area contributed by atoms with Crippen molar-refractivity contribution in [2.75, 3.05) is 4.90 Å². The molecule has 0 bridgehead atoms. The molecule has 0 saturated carbocycles. The van der Waals surface area contributed by atoms with Crippen LogP contribution in [0.5, 0.6) is 46.0 Å². The standard InChI is InChI=1S/C48H33NO8/c50-41-37(27-14-6-2-7-15-27)42(51)46(55)39(45(41)54)49(40-47(56)43(52)38(44(53)48(40)57)28-16-8-3-9-17-28)30-21-23-34-33-22-20-29(26-12-4-1-5-13-26)24-35(33)31-18-10-11-19-32(31)36(34)25-30/h1-25,50-57H. The highest BCUT2D eigenvalue weighted by Crippen LogP contribution is 2.63. The molecule has 0 unspecified atom stereocenters. The first-order valence-corrected chi connectivity index (χ1v) is 18.0. The van der Waals surface area contributed by atoms with Crippen LogP contribution in [-0.4, -0.2) is 40.9 Å². The number of rotatable bonds is 6. The highest BCUT2D eigenvalue weighted by Gasteiger charge is 2.35. The summed E-state index contributed by atoms with van der Waals surface area (Å²) in [6.07, 6.45) is 0. The molecule has 0 aliphatic heterocycles. The van der Waals surface area contributed by atoms with Crippen LogP contribution < -0.4 is 4.90 Å². The third-order valence-corrected chi connectivity index (χ3v) is 10.5. The minimum Gasteiger partial charge on any atom is -0.504 e. The van der Waals surface area contributed by atoms with E-state index in [2.05, 4.69) is 6.07 Å². The van der Waals surface area contributed by atoms with Crippen LogP contribution >= 0.6 is 0 Å². The molecule has 0 heterocycles. The number of nitrogens with zero attached hydrogens (tertiary/aromatic N) is 1. The van der Waals surface area contributed by atoms with E-state index >= 15 is 0 Å². The van der Waals surface area contributed by atoms with E-state index < -0.39 is 57.4 Å². The largest absolute Gasteiger partial charge is 0.504 e. The van der Waals surface area contributed by atoms with E-state index in [1.165, 1.54) is 0 Å². The number of anilines is 3. The van der Waals surface area contributed by atoms with Gasteiger partial charge in [-0.2, -0.15) is 0 Å². The molecular formula is C48H33NO8. The normalized spacial score (nSPS) is 11.4. The van der Waals surface area contributed by atoms with Crippen molar-refractivity contribution in [3.05, 3.63) is 152 Å². The van der Waals surface area contributed by atoms with E-state index in [1.807, 2.05) is 66.7 Å². The highest BCUT2D eigenvalue weighted by atomic mass is 16.3. The Morgan fingerprint density at radius 2 is 0.614 bits per heavy atom. The summed E-state index contributed by atoms with van der Waals surface area (Å²) in [6, 6.07) is 45.3. The van der Waals surface area contributed by atoms with E-state index in [0.29, 0.717) is 5.39 Å². The number of hydrogen-bond donors (Lipinski definition) is 8. The number of benzene rings is 9. The van der Waals surface area contributed by atoms with Gasteiger partial charge >= 0.3 is 0 Å². The van der Waals surface area contributed by atoms with Crippen LogP contribution in [-0.2, 0) is 0 Å². The Morgan fingerprint density at radius 1 is 0.263 bits per heavy atom. The van der Waals surface area contributed by atoms with Crippen LogP contribution in [0.1, 0.15) is 0 Å². The molecule has 0 aliphatic carbocycles. The van der Waals surface area contributed by atoms with E-state index in [0.717, 1.165) is 43.0 Å². The summed E-state index contributed by atoms with van der Waals surface area (Å²) in [4.78, 5) is 0.967. The Hall–Kier alpha value is -8.04. The van der Waals surface area contributed by atoms with Gasteiger partial charge in [-0.3, -0.25) is 4.90 Å². The van der Waals surface area contributed by atoms with Gasteiger partial charge in [-0.25, -0.2) is 0 Å². The lowest BCUT2D eigenvalue weighted by Crippen LogP contribution is -2.12. The van der Waals surface area contributed by atoms with Gasteiger partial charge in [0.15, 0.2) is 46.0 Å². The van der Waals surface area contributed by atoms with Crippen molar-refractivity contribution in [3.63, 3.8) is 0 Å². The maximum atomic E-state index is 11.8. The molecule has 9 aromatic carbocycles. The van der Waals surface area contributed by atoms with Gasteiger partial charge in [-0.05, 0) is 72.8 Å². The number of aromatic hydroxyl groups is 8. The maximum Gasteiger partial charge on any atom is 0.186 e. The molecule has 0 aliphatic rings. The average molecular weight is 752 g/mol. The van der Waals surface area contributed by atoms with Crippen LogP contribution in [0.4, 0.5) is 17.1 Å². The Balaban J connectivity index is 1.36. The van der Waals surface area contributed by atoms with Gasteiger partial charge in [0.25, 0.3) is 0 Å². The van der Waals surface area contributed by atoms with Crippen LogP contribution in [0.2, 0.25) is 0 Å². The Bertz CT molecular complexity index is 2860. The molecule has 0 aromatic heterocycles. The molecule has 9 nitrogen and oxygen atoms in total. The van der Waals surface area contributed by atoms with Crippen LogP contribution in [0.15, 0.2) is 152 Å². The molecule has 278 valence electrons. The monoisotopic (exact) mass is 751 g/mol. The van der Waals surface area contributed by atoms with Crippen molar-refractivity contribution in [2.45, 2.75) is 0 Å². The predicted octanol–water partition coefficient (Wildman–Crippen LogP) is 11.3. The quantitative estimate of drug-likeness (QED) is 0.0469. The average Bonchev–Trinajstić information content (AvgIpc) is 3.25. The topological polar surface area (TPSA) is 165 Å². The molecule has 0 amide bonds. The molecular weight excluding hydrogens is 719 g/mol. The van der Waals surface area contributed by atoms with Crippen LogP contribution in [0, 0.1) is 0 Å². The lowest BCUT2D eigenvalue weighted by molar-refractivity contribution is 0.372. The lowest BCUT2D eigenvalue weighted by Gasteiger charge is -2.30. The van der Waals surface area contributed by atoms with E-state index in [9.17, 15) is 40.9 Å². The lowest BCUT2D eigenvalue weighted by atomic mass is 9.91. The summed E-state index contributed by atoms with van der Waals surface area (Å²) in [5, 5.41) is 98.3. The zero-order chi connectivity index (χ0) is 39.5. The predicted molar refractivity (Wildman–Crippen MR) is 223 cm³/mol. The summed E-state index contributed by atoms with van der Waals surface area (Å²) >= 11 is 0. The van der Waals surface area contributed by atoms with Gasteiger partial charge in [0.05, 0.1) is 11.1 Å². The first-order valence-electron chi connectivity index (χ1n) is 18.0. The smallest absolute Gasteiger partial charge is 0.186 e. The van der Waals surface area contributed by atoms with Gasteiger partial charge in [-0.1, -0.05) is 133 Å². The number of phenolic OH excluding ortho intramolecular Hbond substituents is 8. The molecule has 0 fully saturated rings. The molecule has 0 spiro atoms. The number of phenols is 8. The first-order chi connectivity index (χ1) is 27.7. The van der Waals surface area contributed by atoms with Crippen LogP contribution in [0.25, 0.3) is 65.7 Å². The summed E-state index contributed by atoms with van der Waals surface area (Å²) in [5.41, 5.74) is 0.816. The Morgan fingerprint density at radius 3 is 1.05 bits per heavy atom. The van der Waals surface area contributed by atoms with Crippen molar-refractivity contribution >= 4 is 49.4 Å². The van der Waals surface area contributed by atoms with E-state index in [1.54, 1.807) is 78.9 Å². The number of fused-ring (bicyclic) bond motifs is 6. The van der Waals surface area contributed by atoms with Gasteiger partial charge < -0.3 is 40.9 Å². The zero-order valence-electron chi connectivity index (χ0n) is 30.0. The minimum atomic E-state index is -0.939. The fourth-order valence-corrected chi connectivity index (χ4v) is 7.81. The van der Waals surface area contributed by atoms with Crippen molar-refractivity contribution < 1.29 is 40.9 Å². The molecule has 9 rings (SSSR count). The summed E-state index contributed by atoms with van der Waals surface area (Å²) in [6.45, 7) is 0. The molecule has 9 aromatic rings. The summed E-state index contributed by atoms with van der Waals surface area (Å²) in [7, 11) is 0. The fourth-order valence-electron chi connectivity index (χ4n) is 7.81. The second kappa shape index (κ2) is 13.4. The molecule has 0 atom stereocenters. The Kier molecular flexibility index (Phi) is 8.14. The molecule has 0 saturated heterocycles. The van der Waals surface area contributed by atoms with E-state index in [4.69, 9.17) is 0 Å². The van der Waals surface area contributed by atoms with Gasteiger partial charge in [0.2, 0.25) is 0 Å². The van der Waals surface area contributed by atoms with Crippen molar-refractivity contribution in [1.82, 2.24) is 0 Å². The van der Waals surface area contributed by atoms with Crippen molar-refractivity contribution in [2.24, 2.45) is 0 Å². The molecule has 0 radical (unpaired) electrons. The van der Waals surface area contributed by atoms with Gasteiger partial charge in [0, 0.05) is 5.69 Å². The first kappa shape index (κ1) is 34.7. The van der Waals surface area contributed by atoms with Crippen LogP contribution in [0.3, 0.4) is 0 Å². The third kappa shape index (κ3) is 5.40. The molecule has 9 heteroatoms. The minimum absolute atomic E-state index is 0.0848. The second-order valence-corrected chi connectivity index (χ2v) is 13.7. The molecule has 57 heavy (non-hydrogen) atoms. The zero-order valence-corrected chi connectivity index (χ0v) is 30.0. The SMILES string of the molecule is Oc1c(O)c(N(c2ccc3c4ccc(-c5ccccc5)cc4c4ccccc4c3c2)c2c(O)c(O)c(-c3ccccc3)c(O)c2O)c(O)c(O)c1-c1ccccc1. The number of hydrogen-bond acceptors (Lipinski definition) is 9. The highest BCUT2D eigenvalue weighted by molar-refractivity contribution is 6.26. The van der Waals surface area contributed by atoms with Gasteiger partial charge in [-0.15, -0.1) is 0 Å². The van der Waals surface area contributed by atoms with Crippen molar-refractivity contribution in [1.29, 1.82) is 0 Å². The Labute approximate surface area is 325 Å². The fraction of sp³-hybridized carbons (Fsp3) is 0.